The molecule has 0 aromatic carbocycles. The molecule has 0 aromatic rings. The van der Waals surface area contributed by atoms with E-state index in [2.05, 4.69) is 0 Å². The van der Waals surface area contributed by atoms with Crippen molar-refractivity contribution in [3.63, 3.8) is 0 Å². The number of hydrogen-bond acceptors (Lipinski definition) is 2. The van der Waals surface area contributed by atoms with E-state index in [-0.39, 0.29) is 12.2 Å². The molecule has 1 aliphatic carbocycles. The summed E-state index contributed by atoms with van der Waals surface area (Å²) in [6.45, 7) is 0.867. The maximum Gasteiger partial charge on any atom is 0.0862 e. The number of fused-ring (bicyclic) bond motifs is 1. The van der Waals surface area contributed by atoms with Crippen molar-refractivity contribution < 1.29 is 9.84 Å². The van der Waals surface area contributed by atoms with E-state index in [9.17, 15) is 5.11 Å². The second-order valence-corrected chi connectivity index (χ2v) is 3.03. The van der Waals surface area contributed by atoms with Crippen LogP contribution in [0, 0.1) is 5.92 Å². The molecule has 1 heterocycles. The lowest BCUT2D eigenvalue weighted by Gasteiger charge is -2.10. The van der Waals surface area contributed by atoms with E-state index in [0.717, 1.165) is 13.0 Å². The summed E-state index contributed by atoms with van der Waals surface area (Å²) < 4.78 is 5.34. The summed E-state index contributed by atoms with van der Waals surface area (Å²) in [5, 5.41) is 9.27. The smallest absolute Gasteiger partial charge is 0.0862 e. The standard InChI is InChI=1S/C7H12O2/c8-6-2-1-5-3-4-9-7(5)6/h5-8H,1-4H2/t5-,6+,7+/m1/s1. The molecule has 0 bridgehead atoms. The molecule has 1 aliphatic heterocycles. The van der Waals surface area contributed by atoms with Gasteiger partial charge in [-0.3, -0.25) is 0 Å². The number of aliphatic hydroxyl groups is 1. The highest BCUT2D eigenvalue weighted by atomic mass is 16.5. The van der Waals surface area contributed by atoms with Gasteiger partial charge in [0.05, 0.1) is 12.2 Å². The van der Waals surface area contributed by atoms with E-state index in [0.29, 0.717) is 5.92 Å². The van der Waals surface area contributed by atoms with Crippen LogP contribution in [0.1, 0.15) is 19.3 Å². The first-order chi connectivity index (χ1) is 4.38. The zero-order valence-corrected chi connectivity index (χ0v) is 5.42. The average molecular weight is 128 g/mol. The molecule has 9 heavy (non-hydrogen) atoms. The molecule has 3 atom stereocenters. The van der Waals surface area contributed by atoms with Crippen LogP contribution in [0.15, 0.2) is 0 Å². The molecule has 2 rings (SSSR count). The lowest BCUT2D eigenvalue weighted by Crippen LogP contribution is -2.22. The van der Waals surface area contributed by atoms with Gasteiger partial charge in [0, 0.05) is 6.61 Å². The molecule has 2 fully saturated rings. The molecule has 1 saturated carbocycles. The first-order valence-electron chi connectivity index (χ1n) is 3.67. The van der Waals surface area contributed by atoms with Crippen molar-refractivity contribution in [3.8, 4) is 0 Å². The Morgan fingerprint density at radius 1 is 1.22 bits per heavy atom. The van der Waals surface area contributed by atoms with Gasteiger partial charge in [-0.05, 0) is 25.2 Å². The summed E-state index contributed by atoms with van der Waals surface area (Å²) >= 11 is 0. The van der Waals surface area contributed by atoms with E-state index in [1.807, 2.05) is 0 Å². The minimum absolute atomic E-state index is 0.155. The van der Waals surface area contributed by atoms with Crippen molar-refractivity contribution in [2.75, 3.05) is 6.61 Å². The maximum absolute atomic E-state index is 9.27. The van der Waals surface area contributed by atoms with E-state index in [1.165, 1.54) is 12.8 Å². The summed E-state index contributed by atoms with van der Waals surface area (Å²) in [5.41, 5.74) is 0. The highest BCUT2D eigenvalue weighted by Gasteiger charge is 2.39. The van der Waals surface area contributed by atoms with Crippen LogP contribution >= 0.6 is 0 Å². The third-order valence-electron chi connectivity index (χ3n) is 2.48. The summed E-state index contributed by atoms with van der Waals surface area (Å²) in [6.07, 6.45) is 3.34. The van der Waals surface area contributed by atoms with Crippen molar-refractivity contribution >= 4 is 0 Å². The molecule has 1 saturated heterocycles. The maximum atomic E-state index is 9.27. The highest BCUT2D eigenvalue weighted by Crippen LogP contribution is 2.35. The number of ether oxygens (including phenoxy) is 1. The number of rotatable bonds is 0. The number of aliphatic hydroxyl groups excluding tert-OH is 1. The van der Waals surface area contributed by atoms with Gasteiger partial charge >= 0.3 is 0 Å². The van der Waals surface area contributed by atoms with Crippen LogP contribution in [0.3, 0.4) is 0 Å². The Labute approximate surface area is 54.8 Å². The van der Waals surface area contributed by atoms with Crippen molar-refractivity contribution in [3.05, 3.63) is 0 Å². The van der Waals surface area contributed by atoms with Crippen molar-refractivity contribution in [1.29, 1.82) is 0 Å². The minimum Gasteiger partial charge on any atom is -0.390 e. The van der Waals surface area contributed by atoms with E-state index in [1.54, 1.807) is 0 Å². The predicted octanol–water partition coefficient (Wildman–Crippen LogP) is 0.546. The second kappa shape index (κ2) is 1.96. The topological polar surface area (TPSA) is 29.5 Å². The van der Waals surface area contributed by atoms with Crippen LogP contribution in [0.2, 0.25) is 0 Å². The Kier molecular flexibility index (Phi) is 1.24. The molecular formula is C7H12O2. The van der Waals surface area contributed by atoms with Crippen molar-refractivity contribution in [1.82, 2.24) is 0 Å². The quantitative estimate of drug-likeness (QED) is 0.516. The Morgan fingerprint density at radius 3 is 2.89 bits per heavy atom. The first-order valence-corrected chi connectivity index (χ1v) is 3.67. The molecule has 0 spiro atoms. The van der Waals surface area contributed by atoms with Gasteiger partial charge in [0.2, 0.25) is 0 Å². The summed E-state index contributed by atoms with van der Waals surface area (Å²) in [5.74, 6) is 0.681. The first kappa shape index (κ1) is 5.69. The van der Waals surface area contributed by atoms with E-state index in [4.69, 9.17) is 4.74 Å². The third-order valence-corrected chi connectivity index (χ3v) is 2.48. The lowest BCUT2D eigenvalue weighted by atomic mass is 10.1. The summed E-state index contributed by atoms with van der Waals surface area (Å²) in [6, 6.07) is 0. The molecule has 52 valence electrons. The molecular weight excluding hydrogens is 116 g/mol. The zero-order valence-electron chi connectivity index (χ0n) is 5.42. The van der Waals surface area contributed by atoms with Crippen LogP contribution in [-0.2, 0) is 4.74 Å². The Morgan fingerprint density at radius 2 is 2.11 bits per heavy atom. The van der Waals surface area contributed by atoms with Gasteiger partial charge in [-0.2, -0.15) is 0 Å². The average Bonchev–Trinajstić information content (AvgIpc) is 2.35. The van der Waals surface area contributed by atoms with E-state index >= 15 is 0 Å². The monoisotopic (exact) mass is 128 g/mol. The Bertz CT molecular complexity index is 113. The van der Waals surface area contributed by atoms with Crippen LogP contribution in [-0.4, -0.2) is 23.9 Å². The SMILES string of the molecule is O[C@H]1CC[C@@H]2CCO[C@@H]21. The fourth-order valence-electron chi connectivity index (χ4n) is 1.94. The zero-order chi connectivity index (χ0) is 6.27. The van der Waals surface area contributed by atoms with Crippen LogP contribution in [0.5, 0.6) is 0 Å². The normalized spacial score (nSPS) is 49.7. The van der Waals surface area contributed by atoms with Gasteiger partial charge in [-0.1, -0.05) is 0 Å². The summed E-state index contributed by atoms with van der Waals surface area (Å²) in [4.78, 5) is 0. The van der Waals surface area contributed by atoms with Crippen LogP contribution in [0.25, 0.3) is 0 Å². The molecule has 1 N–H and O–H groups in total. The Hall–Kier alpha value is -0.0800. The predicted molar refractivity (Wildman–Crippen MR) is 33.1 cm³/mol. The number of hydrogen-bond donors (Lipinski definition) is 1. The fraction of sp³-hybridized carbons (Fsp3) is 1.00. The van der Waals surface area contributed by atoms with E-state index < -0.39 is 0 Å². The molecule has 0 amide bonds. The van der Waals surface area contributed by atoms with Gasteiger partial charge in [0.25, 0.3) is 0 Å². The lowest BCUT2D eigenvalue weighted by molar-refractivity contribution is 0.00674. The second-order valence-electron chi connectivity index (χ2n) is 3.03. The van der Waals surface area contributed by atoms with Gasteiger partial charge < -0.3 is 9.84 Å². The van der Waals surface area contributed by atoms with Crippen molar-refractivity contribution in [2.24, 2.45) is 5.92 Å². The van der Waals surface area contributed by atoms with Crippen LogP contribution < -0.4 is 0 Å². The minimum atomic E-state index is -0.155. The molecule has 2 heteroatoms. The van der Waals surface area contributed by atoms with Crippen LogP contribution in [0.4, 0.5) is 0 Å². The third kappa shape index (κ3) is 0.775. The van der Waals surface area contributed by atoms with Gasteiger partial charge in [0.15, 0.2) is 0 Å². The van der Waals surface area contributed by atoms with Gasteiger partial charge in [-0.15, -0.1) is 0 Å². The highest BCUT2D eigenvalue weighted by molar-refractivity contribution is 4.88. The van der Waals surface area contributed by atoms with Gasteiger partial charge in [-0.25, -0.2) is 0 Å². The summed E-state index contributed by atoms with van der Waals surface area (Å²) in [7, 11) is 0. The molecule has 0 radical (unpaired) electrons. The molecule has 0 aromatic heterocycles. The molecule has 2 nitrogen and oxygen atoms in total. The van der Waals surface area contributed by atoms with Crippen molar-refractivity contribution in [2.45, 2.75) is 31.5 Å². The molecule has 0 unspecified atom stereocenters. The molecule has 2 aliphatic rings. The van der Waals surface area contributed by atoms with Gasteiger partial charge in [0.1, 0.15) is 0 Å². The largest absolute Gasteiger partial charge is 0.390 e. The fourth-order valence-corrected chi connectivity index (χ4v) is 1.94. The Balaban J connectivity index is 2.07.